The van der Waals surface area contributed by atoms with Gasteiger partial charge in [0, 0.05) is 44.6 Å². The van der Waals surface area contributed by atoms with Crippen molar-refractivity contribution in [2.45, 2.75) is 37.8 Å². The fourth-order valence-electron chi connectivity index (χ4n) is 4.01. The summed E-state index contributed by atoms with van der Waals surface area (Å²) in [7, 11) is 1.92. The lowest BCUT2D eigenvalue weighted by Gasteiger charge is -2.39. The number of anilines is 2. The molecule has 0 atom stereocenters. The van der Waals surface area contributed by atoms with Crippen LogP contribution in [0.25, 0.3) is 11.0 Å². The Hall–Kier alpha value is -2.77. The standard InChI is InChI=1S/C18H22N8/c1-24-10-15-17(23-24)21-12-22-18(15)25-8-5-14(6-9-25)26(13-2-3-13)16-4-7-19-11-20-16/h4,7,10-14H,2-3,5-6,8-9H2,1H3. The molecule has 1 aliphatic heterocycles. The predicted molar refractivity (Wildman–Crippen MR) is 99.1 cm³/mol. The van der Waals surface area contributed by atoms with Crippen LogP contribution in [0.2, 0.25) is 0 Å². The summed E-state index contributed by atoms with van der Waals surface area (Å²) in [6, 6.07) is 3.21. The molecule has 3 aromatic rings. The molecule has 134 valence electrons. The minimum atomic E-state index is 0.528. The first kappa shape index (κ1) is 15.5. The van der Waals surface area contributed by atoms with Gasteiger partial charge in [-0.3, -0.25) is 4.68 Å². The highest BCUT2D eigenvalue weighted by molar-refractivity contribution is 5.86. The summed E-state index contributed by atoms with van der Waals surface area (Å²) in [5.74, 6) is 2.07. The molecule has 0 bridgehead atoms. The van der Waals surface area contributed by atoms with Crippen LogP contribution in [0.1, 0.15) is 25.7 Å². The topological polar surface area (TPSA) is 75.9 Å². The van der Waals surface area contributed by atoms with Crippen LogP contribution in [0.3, 0.4) is 0 Å². The number of aromatic nitrogens is 6. The van der Waals surface area contributed by atoms with Crippen molar-refractivity contribution in [3.05, 3.63) is 31.1 Å². The Morgan fingerprint density at radius 3 is 2.54 bits per heavy atom. The molecule has 0 radical (unpaired) electrons. The van der Waals surface area contributed by atoms with Crippen molar-refractivity contribution in [3.63, 3.8) is 0 Å². The summed E-state index contributed by atoms with van der Waals surface area (Å²) < 4.78 is 1.81. The number of nitrogens with zero attached hydrogens (tertiary/aromatic N) is 8. The van der Waals surface area contributed by atoms with E-state index >= 15 is 0 Å². The summed E-state index contributed by atoms with van der Waals surface area (Å²) >= 11 is 0. The van der Waals surface area contributed by atoms with Crippen molar-refractivity contribution in [1.29, 1.82) is 0 Å². The minimum Gasteiger partial charge on any atom is -0.356 e. The number of hydrogen-bond acceptors (Lipinski definition) is 7. The summed E-state index contributed by atoms with van der Waals surface area (Å²) in [5.41, 5.74) is 0.764. The molecule has 2 aliphatic rings. The summed E-state index contributed by atoms with van der Waals surface area (Å²) in [6.07, 6.45) is 11.9. The van der Waals surface area contributed by atoms with Crippen molar-refractivity contribution in [2.75, 3.05) is 22.9 Å². The van der Waals surface area contributed by atoms with Gasteiger partial charge in [0.1, 0.15) is 24.3 Å². The van der Waals surface area contributed by atoms with Gasteiger partial charge in [-0.2, -0.15) is 5.10 Å². The SMILES string of the molecule is Cn1cc2c(N3CCC(N(c4ccncn4)C4CC4)CC3)ncnc2n1. The molecule has 2 fully saturated rings. The third kappa shape index (κ3) is 2.75. The van der Waals surface area contributed by atoms with Gasteiger partial charge in [0.25, 0.3) is 0 Å². The molecule has 0 aromatic carbocycles. The quantitative estimate of drug-likeness (QED) is 0.710. The van der Waals surface area contributed by atoms with Gasteiger partial charge >= 0.3 is 0 Å². The zero-order valence-corrected chi connectivity index (χ0v) is 14.9. The highest BCUT2D eigenvalue weighted by Crippen LogP contribution is 2.36. The molecular formula is C18H22N8. The monoisotopic (exact) mass is 350 g/mol. The van der Waals surface area contributed by atoms with Gasteiger partial charge in [0.2, 0.25) is 0 Å². The van der Waals surface area contributed by atoms with Crippen LogP contribution in [0.4, 0.5) is 11.6 Å². The van der Waals surface area contributed by atoms with Gasteiger partial charge in [0.15, 0.2) is 5.65 Å². The molecule has 0 spiro atoms. The average Bonchev–Trinajstić information content (AvgIpc) is 3.42. The third-order valence-corrected chi connectivity index (χ3v) is 5.34. The first-order valence-electron chi connectivity index (χ1n) is 9.23. The largest absolute Gasteiger partial charge is 0.356 e. The average molecular weight is 350 g/mol. The minimum absolute atomic E-state index is 0.528. The number of fused-ring (bicyclic) bond motifs is 1. The van der Waals surface area contributed by atoms with Crippen LogP contribution in [0, 0.1) is 0 Å². The molecule has 0 N–H and O–H groups in total. The zero-order chi connectivity index (χ0) is 17.5. The van der Waals surface area contributed by atoms with E-state index in [0.717, 1.165) is 48.6 Å². The summed E-state index contributed by atoms with van der Waals surface area (Å²) in [4.78, 5) is 22.3. The second-order valence-corrected chi connectivity index (χ2v) is 7.16. The molecule has 0 unspecified atom stereocenters. The van der Waals surface area contributed by atoms with Gasteiger partial charge < -0.3 is 9.80 Å². The predicted octanol–water partition coefficient (Wildman–Crippen LogP) is 1.79. The Balaban J connectivity index is 1.35. The summed E-state index contributed by atoms with van der Waals surface area (Å²) in [6.45, 7) is 1.97. The smallest absolute Gasteiger partial charge is 0.186 e. The van der Waals surface area contributed by atoms with E-state index in [0.29, 0.717) is 12.1 Å². The first-order chi connectivity index (χ1) is 12.8. The van der Waals surface area contributed by atoms with E-state index in [9.17, 15) is 0 Å². The number of aryl methyl sites for hydroxylation is 1. The van der Waals surface area contributed by atoms with Gasteiger partial charge in [-0.25, -0.2) is 19.9 Å². The van der Waals surface area contributed by atoms with Crippen LogP contribution in [-0.2, 0) is 7.05 Å². The highest BCUT2D eigenvalue weighted by Gasteiger charge is 2.36. The van der Waals surface area contributed by atoms with Crippen molar-refractivity contribution in [3.8, 4) is 0 Å². The van der Waals surface area contributed by atoms with Gasteiger partial charge in [-0.15, -0.1) is 0 Å². The van der Waals surface area contributed by atoms with E-state index in [4.69, 9.17) is 0 Å². The zero-order valence-electron chi connectivity index (χ0n) is 14.9. The van der Waals surface area contributed by atoms with E-state index in [1.54, 1.807) is 17.3 Å². The molecule has 4 heterocycles. The van der Waals surface area contributed by atoms with Gasteiger partial charge in [0.05, 0.1) is 5.39 Å². The second-order valence-electron chi connectivity index (χ2n) is 7.16. The van der Waals surface area contributed by atoms with E-state index < -0.39 is 0 Å². The van der Waals surface area contributed by atoms with E-state index in [2.05, 4.69) is 34.8 Å². The highest BCUT2D eigenvalue weighted by atomic mass is 15.3. The van der Waals surface area contributed by atoms with Crippen LogP contribution in [-0.4, -0.2) is 54.9 Å². The van der Waals surface area contributed by atoms with Crippen LogP contribution in [0.5, 0.6) is 0 Å². The molecular weight excluding hydrogens is 328 g/mol. The van der Waals surface area contributed by atoms with E-state index in [1.165, 1.54) is 12.8 Å². The number of hydrogen-bond donors (Lipinski definition) is 0. The van der Waals surface area contributed by atoms with Crippen molar-refractivity contribution in [2.24, 2.45) is 7.05 Å². The van der Waals surface area contributed by atoms with Crippen molar-refractivity contribution in [1.82, 2.24) is 29.7 Å². The molecule has 0 amide bonds. The normalized spacial score (nSPS) is 18.4. The van der Waals surface area contributed by atoms with Crippen LogP contribution >= 0.6 is 0 Å². The molecule has 8 heteroatoms. The molecule has 8 nitrogen and oxygen atoms in total. The maximum atomic E-state index is 4.55. The number of piperidine rings is 1. The van der Waals surface area contributed by atoms with Gasteiger partial charge in [-0.1, -0.05) is 0 Å². The first-order valence-corrected chi connectivity index (χ1v) is 9.23. The lowest BCUT2D eigenvalue weighted by atomic mass is 10.0. The maximum absolute atomic E-state index is 4.55. The maximum Gasteiger partial charge on any atom is 0.186 e. The van der Waals surface area contributed by atoms with Crippen molar-refractivity contribution >= 4 is 22.7 Å². The fourth-order valence-corrected chi connectivity index (χ4v) is 4.01. The molecule has 26 heavy (non-hydrogen) atoms. The lowest BCUT2D eigenvalue weighted by Crippen LogP contribution is -2.46. The van der Waals surface area contributed by atoms with Crippen LogP contribution in [0.15, 0.2) is 31.1 Å². The van der Waals surface area contributed by atoms with Crippen LogP contribution < -0.4 is 9.80 Å². The van der Waals surface area contributed by atoms with E-state index in [-0.39, 0.29) is 0 Å². The second kappa shape index (κ2) is 6.19. The lowest BCUT2D eigenvalue weighted by molar-refractivity contribution is 0.458. The Bertz CT molecular complexity index is 896. The Morgan fingerprint density at radius 2 is 1.81 bits per heavy atom. The summed E-state index contributed by atoms with van der Waals surface area (Å²) in [5, 5.41) is 5.43. The Kier molecular flexibility index (Phi) is 3.69. The van der Waals surface area contributed by atoms with Gasteiger partial charge in [-0.05, 0) is 31.7 Å². The molecule has 1 aliphatic carbocycles. The number of rotatable bonds is 4. The fraction of sp³-hybridized carbons (Fsp3) is 0.500. The van der Waals surface area contributed by atoms with E-state index in [1.807, 2.05) is 25.5 Å². The molecule has 1 saturated heterocycles. The molecule has 5 rings (SSSR count). The Morgan fingerprint density at radius 1 is 1.00 bits per heavy atom. The third-order valence-electron chi connectivity index (χ3n) is 5.34. The van der Waals surface area contributed by atoms with Crippen molar-refractivity contribution < 1.29 is 0 Å². The molecule has 1 saturated carbocycles. The Labute approximate surface area is 151 Å². The molecule has 3 aromatic heterocycles.